The summed E-state index contributed by atoms with van der Waals surface area (Å²) < 4.78 is 5.41. The van der Waals surface area contributed by atoms with E-state index in [1.165, 1.54) is 19.3 Å². The van der Waals surface area contributed by atoms with Gasteiger partial charge < -0.3 is 9.64 Å². The van der Waals surface area contributed by atoms with E-state index < -0.39 is 0 Å². The van der Waals surface area contributed by atoms with Crippen LogP contribution < -0.4 is 4.90 Å². The van der Waals surface area contributed by atoms with E-state index in [2.05, 4.69) is 11.9 Å². The summed E-state index contributed by atoms with van der Waals surface area (Å²) >= 11 is 0. The zero-order chi connectivity index (χ0) is 15.4. The molecule has 0 N–H and O–H groups in total. The second-order valence-corrected chi connectivity index (χ2v) is 6.45. The Bertz CT molecular complexity index is 485. The lowest BCUT2D eigenvalue weighted by molar-refractivity contribution is -0.121. The number of anilines is 1. The van der Waals surface area contributed by atoms with Gasteiger partial charge in [0.15, 0.2) is 0 Å². The molecule has 0 saturated carbocycles. The van der Waals surface area contributed by atoms with Crippen LogP contribution in [-0.2, 0) is 9.53 Å². The molecule has 0 spiro atoms. The van der Waals surface area contributed by atoms with Crippen LogP contribution in [0.1, 0.15) is 25.7 Å². The molecule has 2 heterocycles. The molecule has 1 atom stereocenters. The minimum absolute atomic E-state index is 0.0417. The number of para-hydroxylation sites is 1. The molecule has 1 amide bonds. The summed E-state index contributed by atoms with van der Waals surface area (Å²) in [5.74, 6) is 1.01. The van der Waals surface area contributed by atoms with Crippen LogP contribution in [0, 0.1) is 5.92 Å². The largest absolute Gasteiger partial charge is 0.381 e. The molecular formula is C18H26N2O2. The lowest BCUT2D eigenvalue weighted by Gasteiger charge is -2.27. The van der Waals surface area contributed by atoms with Crippen LogP contribution in [0.2, 0.25) is 0 Å². The van der Waals surface area contributed by atoms with E-state index in [9.17, 15) is 4.79 Å². The number of hydrogen-bond donors (Lipinski definition) is 0. The minimum atomic E-state index is 0.0417. The van der Waals surface area contributed by atoms with Crippen molar-refractivity contribution in [2.75, 3.05) is 38.3 Å². The number of rotatable bonds is 5. The number of nitrogens with zero attached hydrogens (tertiary/aromatic N) is 2. The number of amides is 1. The van der Waals surface area contributed by atoms with Gasteiger partial charge >= 0.3 is 0 Å². The SMILES string of the molecule is CN(CCC1CCOCC1)C1CCN(c2ccccc2)C1=O. The molecule has 3 rings (SSSR count). The number of carbonyl (C=O) groups excluding carboxylic acids is 1. The Labute approximate surface area is 133 Å². The summed E-state index contributed by atoms with van der Waals surface area (Å²) in [6, 6.07) is 10.0. The Hall–Kier alpha value is -1.39. The Balaban J connectivity index is 1.53. The predicted octanol–water partition coefficient (Wildman–Crippen LogP) is 2.54. The summed E-state index contributed by atoms with van der Waals surface area (Å²) in [6.07, 6.45) is 4.44. The van der Waals surface area contributed by atoms with Crippen LogP contribution in [0.15, 0.2) is 30.3 Å². The van der Waals surface area contributed by atoms with Crippen LogP contribution in [-0.4, -0.2) is 50.2 Å². The molecule has 1 unspecified atom stereocenters. The monoisotopic (exact) mass is 302 g/mol. The van der Waals surface area contributed by atoms with Gasteiger partial charge in [0.1, 0.15) is 0 Å². The number of benzene rings is 1. The van der Waals surface area contributed by atoms with Crippen molar-refractivity contribution >= 4 is 11.6 Å². The molecule has 0 aliphatic carbocycles. The molecule has 4 nitrogen and oxygen atoms in total. The van der Waals surface area contributed by atoms with E-state index in [1.807, 2.05) is 35.2 Å². The third-order valence-electron chi connectivity index (χ3n) is 5.01. The zero-order valence-corrected chi connectivity index (χ0v) is 13.4. The Morgan fingerprint density at radius 3 is 2.64 bits per heavy atom. The predicted molar refractivity (Wildman–Crippen MR) is 88.0 cm³/mol. The molecule has 2 aliphatic rings. The van der Waals surface area contributed by atoms with Gasteiger partial charge in [0, 0.05) is 25.4 Å². The highest BCUT2D eigenvalue weighted by molar-refractivity contribution is 5.99. The van der Waals surface area contributed by atoms with Crippen LogP contribution in [0.25, 0.3) is 0 Å². The maximum Gasteiger partial charge on any atom is 0.244 e. The zero-order valence-electron chi connectivity index (χ0n) is 13.4. The van der Waals surface area contributed by atoms with Gasteiger partial charge in [0.05, 0.1) is 6.04 Å². The van der Waals surface area contributed by atoms with Crippen LogP contribution in [0.5, 0.6) is 0 Å². The third-order valence-corrected chi connectivity index (χ3v) is 5.01. The van der Waals surface area contributed by atoms with Gasteiger partial charge in [-0.25, -0.2) is 0 Å². The molecule has 22 heavy (non-hydrogen) atoms. The lowest BCUT2D eigenvalue weighted by Crippen LogP contribution is -2.40. The Morgan fingerprint density at radius 1 is 1.18 bits per heavy atom. The summed E-state index contributed by atoms with van der Waals surface area (Å²) in [4.78, 5) is 16.8. The minimum Gasteiger partial charge on any atom is -0.381 e. The van der Waals surface area contributed by atoms with Gasteiger partial charge in [0.25, 0.3) is 0 Å². The quantitative estimate of drug-likeness (QED) is 0.838. The number of carbonyl (C=O) groups is 1. The lowest BCUT2D eigenvalue weighted by atomic mass is 9.96. The molecule has 4 heteroatoms. The van der Waals surface area contributed by atoms with Crippen LogP contribution >= 0.6 is 0 Å². The average Bonchev–Trinajstić information content (AvgIpc) is 2.96. The van der Waals surface area contributed by atoms with E-state index in [4.69, 9.17) is 4.74 Å². The first kappa shape index (κ1) is 15.5. The fourth-order valence-corrected chi connectivity index (χ4v) is 3.52. The van der Waals surface area contributed by atoms with Gasteiger partial charge in [0.2, 0.25) is 5.91 Å². The molecule has 0 aromatic heterocycles. The highest BCUT2D eigenvalue weighted by Gasteiger charge is 2.35. The smallest absolute Gasteiger partial charge is 0.244 e. The van der Waals surface area contributed by atoms with Crippen molar-refractivity contribution < 1.29 is 9.53 Å². The van der Waals surface area contributed by atoms with E-state index in [0.717, 1.165) is 44.3 Å². The van der Waals surface area contributed by atoms with Crippen molar-refractivity contribution in [3.8, 4) is 0 Å². The van der Waals surface area contributed by atoms with Crippen molar-refractivity contribution in [2.24, 2.45) is 5.92 Å². The number of likely N-dealkylation sites (N-methyl/N-ethyl adjacent to an activating group) is 1. The molecule has 2 fully saturated rings. The van der Waals surface area contributed by atoms with Crippen molar-refractivity contribution in [3.63, 3.8) is 0 Å². The molecule has 2 saturated heterocycles. The summed E-state index contributed by atoms with van der Waals surface area (Å²) in [6.45, 7) is 3.63. The van der Waals surface area contributed by atoms with E-state index >= 15 is 0 Å². The van der Waals surface area contributed by atoms with Crippen molar-refractivity contribution in [3.05, 3.63) is 30.3 Å². The fraction of sp³-hybridized carbons (Fsp3) is 0.611. The van der Waals surface area contributed by atoms with Gasteiger partial charge in [-0.05, 0) is 57.3 Å². The highest BCUT2D eigenvalue weighted by Crippen LogP contribution is 2.25. The van der Waals surface area contributed by atoms with Crippen molar-refractivity contribution in [1.29, 1.82) is 0 Å². The molecule has 120 valence electrons. The Kier molecular flexibility index (Phi) is 5.11. The van der Waals surface area contributed by atoms with Gasteiger partial charge in [-0.3, -0.25) is 9.69 Å². The summed E-state index contributed by atoms with van der Waals surface area (Å²) in [5.41, 5.74) is 1.02. The van der Waals surface area contributed by atoms with Gasteiger partial charge in [-0.15, -0.1) is 0 Å². The van der Waals surface area contributed by atoms with Crippen molar-refractivity contribution in [2.45, 2.75) is 31.7 Å². The van der Waals surface area contributed by atoms with E-state index in [0.29, 0.717) is 0 Å². The summed E-state index contributed by atoms with van der Waals surface area (Å²) in [5, 5.41) is 0. The second-order valence-electron chi connectivity index (χ2n) is 6.45. The molecule has 1 aromatic rings. The Morgan fingerprint density at radius 2 is 1.91 bits per heavy atom. The molecule has 2 aliphatic heterocycles. The normalized spacial score (nSPS) is 23.5. The van der Waals surface area contributed by atoms with E-state index in [1.54, 1.807) is 0 Å². The van der Waals surface area contributed by atoms with Crippen LogP contribution in [0.4, 0.5) is 5.69 Å². The maximum absolute atomic E-state index is 12.7. The standard InChI is InChI=1S/C18H26N2O2/c1-19(11-7-15-9-13-22-14-10-15)17-8-12-20(18(17)21)16-5-3-2-4-6-16/h2-6,15,17H,7-14H2,1H3. The average molecular weight is 302 g/mol. The van der Waals surface area contributed by atoms with E-state index in [-0.39, 0.29) is 11.9 Å². The van der Waals surface area contributed by atoms with Gasteiger partial charge in [-0.2, -0.15) is 0 Å². The molecule has 0 radical (unpaired) electrons. The highest BCUT2D eigenvalue weighted by atomic mass is 16.5. The van der Waals surface area contributed by atoms with Gasteiger partial charge in [-0.1, -0.05) is 18.2 Å². The third kappa shape index (κ3) is 3.50. The number of hydrogen-bond acceptors (Lipinski definition) is 3. The first-order chi connectivity index (χ1) is 10.8. The maximum atomic E-state index is 12.7. The number of ether oxygens (including phenoxy) is 1. The fourth-order valence-electron chi connectivity index (χ4n) is 3.52. The first-order valence-electron chi connectivity index (χ1n) is 8.40. The summed E-state index contributed by atoms with van der Waals surface area (Å²) in [7, 11) is 2.09. The molecule has 1 aromatic carbocycles. The van der Waals surface area contributed by atoms with Crippen molar-refractivity contribution in [1.82, 2.24) is 4.90 Å². The second kappa shape index (κ2) is 7.25. The topological polar surface area (TPSA) is 32.8 Å². The van der Waals surface area contributed by atoms with Crippen LogP contribution in [0.3, 0.4) is 0 Å². The molecular weight excluding hydrogens is 276 g/mol. The molecule has 0 bridgehead atoms. The first-order valence-corrected chi connectivity index (χ1v) is 8.40.